The van der Waals surface area contributed by atoms with Crippen LogP contribution in [0.15, 0.2) is 0 Å². The van der Waals surface area contributed by atoms with Crippen LogP contribution in [0.5, 0.6) is 0 Å². The summed E-state index contributed by atoms with van der Waals surface area (Å²) in [6.07, 6.45) is 39.8. The zero-order valence-corrected chi connectivity index (χ0v) is 25.1. The van der Waals surface area contributed by atoms with E-state index in [1.807, 2.05) is 0 Å². The van der Waals surface area contributed by atoms with Gasteiger partial charge in [0, 0.05) is 0 Å². The maximum Gasteiger partial charge on any atom is 0.0568 e. The van der Waals surface area contributed by atoms with E-state index in [9.17, 15) is 5.11 Å². The topological polar surface area (TPSA) is 20.2 Å². The molecule has 0 radical (unpaired) electrons. The molecule has 0 spiro atoms. The summed E-state index contributed by atoms with van der Waals surface area (Å²) in [5.74, 6) is 0.564. The van der Waals surface area contributed by atoms with Gasteiger partial charge in [-0.2, -0.15) is 0 Å². The Hall–Kier alpha value is -0.0400. The molecular formula is C34H70O. The fourth-order valence-electron chi connectivity index (χ4n) is 5.69. The first-order valence-electron chi connectivity index (χ1n) is 16.9. The van der Waals surface area contributed by atoms with Crippen LogP contribution in [0.2, 0.25) is 0 Å². The Labute approximate surface area is 224 Å². The lowest BCUT2D eigenvalue weighted by molar-refractivity contribution is 0.0830. The van der Waals surface area contributed by atoms with E-state index < -0.39 is 0 Å². The Morgan fingerprint density at radius 2 is 0.543 bits per heavy atom. The van der Waals surface area contributed by atoms with Crippen LogP contribution in [0, 0.1) is 5.92 Å². The second-order valence-electron chi connectivity index (χ2n) is 11.8. The van der Waals surface area contributed by atoms with Gasteiger partial charge in [0.15, 0.2) is 0 Å². The smallest absolute Gasteiger partial charge is 0.0568 e. The molecule has 0 aromatic heterocycles. The van der Waals surface area contributed by atoms with Crippen LogP contribution >= 0.6 is 0 Å². The van der Waals surface area contributed by atoms with Crippen molar-refractivity contribution in [3.8, 4) is 0 Å². The van der Waals surface area contributed by atoms with Gasteiger partial charge in [-0.25, -0.2) is 0 Å². The van der Waals surface area contributed by atoms with Crippen LogP contribution in [0.3, 0.4) is 0 Å². The van der Waals surface area contributed by atoms with Crippen LogP contribution in [0.25, 0.3) is 0 Å². The fraction of sp³-hybridized carbons (Fsp3) is 1.00. The van der Waals surface area contributed by atoms with Crippen LogP contribution in [-0.4, -0.2) is 11.2 Å². The summed E-state index contributed by atoms with van der Waals surface area (Å²) < 4.78 is 0. The van der Waals surface area contributed by atoms with E-state index >= 15 is 0 Å². The lowest BCUT2D eigenvalue weighted by Gasteiger charge is -2.23. The van der Waals surface area contributed by atoms with Gasteiger partial charge in [0.25, 0.3) is 0 Å². The Balaban J connectivity index is 3.73. The average Bonchev–Trinajstić information content (AvgIpc) is 2.86. The van der Waals surface area contributed by atoms with E-state index in [4.69, 9.17) is 0 Å². The Bertz CT molecular complexity index is 366. The molecule has 0 aliphatic carbocycles. The lowest BCUT2D eigenvalue weighted by Crippen LogP contribution is -2.20. The highest BCUT2D eigenvalue weighted by atomic mass is 16.3. The van der Waals surface area contributed by atoms with E-state index in [1.54, 1.807) is 0 Å². The van der Waals surface area contributed by atoms with Gasteiger partial charge in [0.05, 0.1) is 6.10 Å². The van der Waals surface area contributed by atoms with Gasteiger partial charge >= 0.3 is 0 Å². The molecule has 1 N–H and O–H groups in total. The zero-order valence-electron chi connectivity index (χ0n) is 25.1. The van der Waals surface area contributed by atoms with Crippen molar-refractivity contribution in [3.63, 3.8) is 0 Å². The number of unbranched alkanes of at least 4 members (excludes halogenated alkanes) is 23. The van der Waals surface area contributed by atoms with Crippen LogP contribution in [0.1, 0.15) is 207 Å². The molecule has 0 bridgehead atoms. The maximum atomic E-state index is 10.9. The van der Waals surface area contributed by atoms with Crippen molar-refractivity contribution in [1.82, 2.24) is 0 Å². The molecule has 35 heavy (non-hydrogen) atoms. The molecule has 2 unspecified atom stereocenters. The van der Waals surface area contributed by atoms with Gasteiger partial charge in [-0.1, -0.05) is 188 Å². The number of hydrogen-bond donors (Lipinski definition) is 1. The number of aliphatic hydroxyl groups is 1. The van der Waals surface area contributed by atoms with E-state index in [-0.39, 0.29) is 6.10 Å². The predicted octanol–water partition coefficient (Wildman–Crippen LogP) is 12.3. The van der Waals surface area contributed by atoms with Crippen LogP contribution in [0.4, 0.5) is 0 Å². The van der Waals surface area contributed by atoms with Gasteiger partial charge in [0.1, 0.15) is 0 Å². The summed E-state index contributed by atoms with van der Waals surface area (Å²) in [5, 5.41) is 10.9. The summed E-state index contributed by atoms with van der Waals surface area (Å²) in [6, 6.07) is 0. The van der Waals surface area contributed by atoms with Gasteiger partial charge in [0.2, 0.25) is 0 Å². The van der Waals surface area contributed by atoms with Crippen molar-refractivity contribution in [2.24, 2.45) is 5.92 Å². The molecule has 0 heterocycles. The largest absolute Gasteiger partial charge is 0.393 e. The fourth-order valence-corrected chi connectivity index (χ4v) is 5.69. The minimum atomic E-state index is -0.0429. The molecule has 0 saturated carbocycles. The molecule has 0 rings (SSSR count). The summed E-state index contributed by atoms with van der Waals surface area (Å²) >= 11 is 0. The van der Waals surface area contributed by atoms with Gasteiger partial charge in [-0.15, -0.1) is 0 Å². The maximum absolute atomic E-state index is 10.9. The first-order valence-corrected chi connectivity index (χ1v) is 16.9. The Kier molecular flexibility index (Phi) is 30.2. The van der Waals surface area contributed by atoms with Crippen molar-refractivity contribution in [3.05, 3.63) is 0 Å². The first kappa shape index (κ1) is 35.0. The quantitative estimate of drug-likeness (QED) is 0.0984. The first-order chi connectivity index (χ1) is 17.3. The Morgan fingerprint density at radius 3 is 0.857 bits per heavy atom. The normalized spacial score (nSPS) is 13.4. The monoisotopic (exact) mass is 495 g/mol. The number of aliphatic hydroxyl groups excluding tert-OH is 1. The highest BCUT2D eigenvalue weighted by Gasteiger charge is 2.18. The molecule has 1 heteroatoms. The second kappa shape index (κ2) is 30.2. The van der Waals surface area contributed by atoms with E-state index in [2.05, 4.69) is 20.8 Å². The summed E-state index contributed by atoms with van der Waals surface area (Å²) in [4.78, 5) is 0. The molecule has 1 nitrogen and oxygen atoms in total. The predicted molar refractivity (Wildman–Crippen MR) is 160 cm³/mol. The van der Waals surface area contributed by atoms with Gasteiger partial charge in [-0.3, -0.25) is 0 Å². The Morgan fingerprint density at radius 1 is 0.314 bits per heavy atom. The van der Waals surface area contributed by atoms with E-state index in [1.165, 1.54) is 180 Å². The number of rotatable bonds is 30. The molecular weight excluding hydrogens is 424 g/mol. The average molecular weight is 495 g/mol. The third kappa shape index (κ3) is 26.8. The molecule has 0 amide bonds. The highest BCUT2D eigenvalue weighted by molar-refractivity contribution is 4.70. The van der Waals surface area contributed by atoms with Crippen molar-refractivity contribution >= 4 is 0 Å². The van der Waals surface area contributed by atoms with E-state index in [0.29, 0.717) is 5.92 Å². The molecule has 0 aromatic rings. The second-order valence-corrected chi connectivity index (χ2v) is 11.8. The van der Waals surface area contributed by atoms with Crippen molar-refractivity contribution < 1.29 is 5.11 Å². The van der Waals surface area contributed by atoms with E-state index in [0.717, 1.165) is 6.42 Å². The minimum absolute atomic E-state index is 0.0429. The molecule has 212 valence electrons. The third-order valence-corrected chi connectivity index (χ3v) is 8.25. The van der Waals surface area contributed by atoms with Crippen molar-refractivity contribution in [1.29, 1.82) is 0 Å². The molecule has 0 aliphatic heterocycles. The third-order valence-electron chi connectivity index (χ3n) is 8.25. The standard InChI is InChI=1S/C34H70O/c1-4-7-10-13-15-16-17-18-19-20-21-22-24-26-29-32-34(35)33(30-27-12-9-6-3)31-28-25-23-14-11-8-5-2/h33-35H,4-32H2,1-3H3. The van der Waals surface area contributed by atoms with Crippen LogP contribution in [-0.2, 0) is 0 Å². The zero-order chi connectivity index (χ0) is 25.7. The SMILES string of the molecule is CCCCCCCCCCCCCCCCCC(O)C(CCCCCC)CCCCCCCCC. The highest BCUT2D eigenvalue weighted by Crippen LogP contribution is 2.25. The molecule has 2 atom stereocenters. The summed E-state index contributed by atoms with van der Waals surface area (Å²) in [7, 11) is 0. The minimum Gasteiger partial charge on any atom is -0.393 e. The number of hydrogen-bond acceptors (Lipinski definition) is 1. The van der Waals surface area contributed by atoms with Crippen molar-refractivity contribution in [2.75, 3.05) is 0 Å². The molecule has 0 saturated heterocycles. The summed E-state index contributed by atoms with van der Waals surface area (Å²) in [6.45, 7) is 6.89. The van der Waals surface area contributed by atoms with Gasteiger partial charge in [-0.05, 0) is 25.2 Å². The lowest BCUT2D eigenvalue weighted by atomic mass is 9.87. The van der Waals surface area contributed by atoms with Gasteiger partial charge < -0.3 is 5.11 Å². The van der Waals surface area contributed by atoms with Crippen LogP contribution < -0.4 is 0 Å². The molecule has 0 aliphatic rings. The molecule has 0 fully saturated rings. The molecule has 0 aromatic carbocycles. The van der Waals surface area contributed by atoms with Crippen molar-refractivity contribution in [2.45, 2.75) is 213 Å². The summed E-state index contributed by atoms with van der Waals surface area (Å²) in [5.41, 5.74) is 0.